The van der Waals surface area contributed by atoms with Crippen LogP contribution in [0.15, 0.2) is 16.3 Å². The standard InChI is InChI=1S/C12H18N2O5S2/c1-7(2)6-13-11(15)8(3)14-21(18,19)9-4-5-20-10(9)12(16)17/h4-5,7-8,14H,6H2,1-3H3,(H,13,15)(H,16,17). The molecule has 3 N–H and O–H groups in total. The first-order chi connectivity index (χ1) is 9.65. The zero-order valence-corrected chi connectivity index (χ0v) is 13.5. The maximum atomic E-state index is 12.1. The number of carboxylic acids is 1. The monoisotopic (exact) mass is 334 g/mol. The van der Waals surface area contributed by atoms with Crippen LogP contribution >= 0.6 is 11.3 Å². The van der Waals surface area contributed by atoms with Crippen LogP contribution in [0.5, 0.6) is 0 Å². The summed E-state index contributed by atoms with van der Waals surface area (Å²) in [6.07, 6.45) is 0. The van der Waals surface area contributed by atoms with Gasteiger partial charge in [-0.05, 0) is 24.3 Å². The highest BCUT2D eigenvalue weighted by molar-refractivity contribution is 7.89. The van der Waals surface area contributed by atoms with Crippen LogP contribution in [0.25, 0.3) is 0 Å². The van der Waals surface area contributed by atoms with E-state index in [2.05, 4.69) is 10.0 Å². The Bertz CT molecular complexity index is 621. The summed E-state index contributed by atoms with van der Waals surface area (Å²) in [5, 5.41) is 12.9. The summed E-state index contributed by atoms with van der Waals surface area (Å²) < 4.78 is 26.4. The molecule has 118 valence electrons. The van der Waals surface area contributed by atoms with E-state index in [9.17, 15) is 18.0 Å². The summed E-state index contributed by atoms with van der Waals surface area (Å²) >= 11 is 0.815. The van der Waals surface area contributed by atoms with E-state index in [1.807, 2.05) is 13.8 Å². The molecule has 1 unspecified atom stereocenters. The van der Waals surface area contributed by atoms with Crippen LogP contribution in [0.2, 0.25) is 0 Å². The Balaban J connectivity index is 2.83. The van der Waals surface area contributed by atoms with Gasteiger partial charge in [-0.3, -0.25) is 4.79 Å². The Morgan fingerprint density at radius 1 is 1.33 bits per heavy atom. The fourth-order valence-electron chi connectivity index (χ4n) is 1.47. The number of carbonyl (C=O) groups is 2. The quantitative estimate of drug-likeness (QED) is 0.685. The number of carboxylic acid groups (broad SMARTS) is 1. The van der Waals surface area contributed by atoms with Crippen molar-refractivity contribution in [3.8, 4) is 0 Å². The summed E-state index contributed by atoms with van der Waals surface area (Å²) in [6, 6.07) is 0.213. The lowest BCUT2D eigenvalue weighted by Crippen LogP contribution is -2.45. The van der Waals surface area contributed by atoms with E-state index in [0.29, 0.717) is 6.54 Å². The number of carbonyl (C=O) groups excluding carboxylic acids is 1. The second kappa shape index (κ2) is 7.01. The van der Waals surface area contributed by atoms with Gasteiger partial charge in [0.15, 0.2) is 0 Å². The topological polar surface area (TPSA) is 113 Å². The third-order valence-corrected chi connectivity index (χ3v) is 5.14. The van der Waals surface area contributed by atoms with E-state index in [0.717, 1.165) is 11.3 Å². The molecule has 7 nitrogen and oxygen atoms in total. The van der Waals surface area contributed by atoms with Crippen LogP contribution in [0.1, 0.15) is 30.4 Å². The molecule has 1 amide bonds. The van der Waals surface area contributed by atoms with Gasteiger partial charge in [-0.15, -0.1) is 11.3 Å². The van der Waals surface area contributed by atoms with Gasteiger partial charge < -0.3 is 10.4 Å². The predicted octanol–water partition coefficient (Wildman–Crippen LogP) is 0.885. The number of hydrogen-bond acceptors (Lipinski definition) is 5. The fourth-order valence-corrected chi connectivity index (χ4v) is 3.94. The van der Waals surface area contributed by atoms with Crippen molar-refractivity contribution >= 4 is 33.2 Å². The lowest BCUT2D eigenvalue weighted by molar-refractivity contribution is -0.122. The maximum Gasteiger partial charge on any atom is 0.347 e. The molecule has 1 heterocycles. The van der Waals surface area contributed by atoms with Gasteiger partial charge in [0.2, 0.25) is 15.9 Å². The largest absolute Gasteiger partial charge is 0.477 e. The predicted molar refractivity (Wildman–Crippen MR) is 78.9 cm³/mol. The molecule has 0 aliphatic rings. The van der Waals surface area contributed by atoms with E-state index >= 15 is 0 Å². The third kappa shape index (κ3) is 4.80. The first-order valence-corrected chi connectivity index (χ1v) is 8.62. The lowest BCUT2D eigenvalue weighted by atomic mass is 10.2. The van der Waals surface area contributed by atoms with Crippen molar-refractivity contribution in [3.63, 3.8) is 0 Å². The molecule has 0 aliphatic heterocycles. The Hall–Kier alpha value is -1.45. The third-order valence-electron chi connectivity index (χ3n) is 2.52. The van der Waals surface area contributed by atoms with Crippen LogP contribution in [0, 0.1) is 5.92 Å². The highest BCUT2D eigenvalue weighted by Crippen LogP contribution is 2.21. The molecule has 1 aromatic rings. The fraction of sp³-hybridized carbons (Fsp3) is 0.500. The molecule has 0 fully saturated rings. The zero-order chi connectivity index (χ0) is 16.2. The van der Waals surface area contributed by atoms with Crippen LogP contribution in [-0.4, -0.2) is 38.0 Å². The van der Waals surface area contributed by atoms with Gasteiger partial charge in [-0.25, -0.2) is 13.2 Å². The van der Waals surface area contributed by atoms with Gasteiger partial charge in [-0.2, -0.15) is 4.72 Å². The van der Waals surface area contributed by atoms with Crippen LogP contribution in [0.4, 0.5) is 0 Å². The summed E-state index contributed by atoms with van der Waals surface area (Å²) in [5.41, 5.74) is 0. The molecular weight excluding hydrogens is 316 g/mol. The summed E-state index contributed by atoms with van der Waals surface area (Å²) in [5.74, 6) is -1.53. The SMILES string of the molecule is CC(C)CNC(=O)C(C)NS(=O)(=O)c1ccsc1C(=O)O. The number of rotatable bonds is 7. The first-order valence-electron chi connectivity index (χ1n) is 6.26. The maximum absolute atomic E-state index is 12.1. The molecule has 9 heteroatoms. The number of hydrogen-bond donors (Lipinski definition) is 3. The molecule has 0 saturated heterocycles. The molecule has 0 aliphatic carbocycles. The number of aromatic carboxylic acids is 1. The highest BCUT2D eigenvalue weighted by Gasteiger charge is 2.27. The van der Waals surface area contributed by atoms with Crippen molar-refractivity contribution in [2.24, 2.45) is 5.92 Å². The molecule has 0 radical (unpaired) electrons. The highest BCUT2D eigenvalue weighted by atomic mass is 32.2. The second-order valence-corrected chi connectivity index (χ2v) is 7.50. The minimum Gasteiger partial charge on any atom is -0.477 e. The van der Waals surface area contributed by atoms with Gasteiger partial charge in [0.05, 0.1) is 6.04 Å². The van der Waals surface area contributed by atoms with E-state index in [1.54, 1.807) is 0 Å². The van der Waals surface area contributed by atoms with Crippen molar-refractivity contribution in [2.75, 3.05) is 6.54 Å². The van der Waals surface area contributed by atoms with Crippen molar-refractivity contribution in [1.82, 2.24) is 10.0 Å². The molecule has 0 saturated carbocycles. The Labute approximate surface area is 127 Å². The van der Waals surface area contributed by atoms with Gasteiger partial charge in [0.25, 0.3) is 0 Å². The molecule has 1 atom stereocenters. The lowest BCUT2D eigenvalue weighted by Gasteiger charge is -2.15. The second-order valence-electron chi connectivity index (χ2n) is 4.90. The number of sulfonamides is 1. The molecule has 0 spiro atoms. The van der Waals surface area contributed by atoms with Crippen molar-refractivity contribution in [2.45, 2.75) is 31.7 Å². The van der Waals surface area contributed by atoms with Crippen molar-refractivity contribution < 1.29 is 23.1 Å². The van der Waals surface area contributed by atoms with Crippen molar-refractivity contribution in [3.05, 3.63) is 16.3 Å². The average Bonchev–Trinajstić information content (AvgIpc) is 2.85. The van der Waals surface area contributed by atoms with Crippen molar-refractivity contribution in [1.29, 1.82) is 0 Å². The van der Waals surface area contributed by atoms with Gasteiger partial charge in [-0.1, -0.05) is 13.8 Å². The van der Waals surface area contributed by atoms with E-state index in [1.165, 1.54) is 18.4 Å². The number of nitrogens with one attached hydrogen (secondary N) is 2. The number of thiophene rings is 1. The minimum atomic E-state index is -4.06. The smallest absolute Gasteiger partial charge is 0.347 e. The van der Waals surface area contributed by atoms with E-state index in [4.69, 9.17) is 5.11 Å². The van der Waals surface area contributed by atoms with Gasteiger partial charge >= 0.3 is 5.97 Å². The van der Waals surface area contributed by atoms with Crippen LogP contribution in [-0.2, 0) is 14.8 Å². The normalized spacial score (nSPS) is 13.1. The number of amides is 1. The Morgan fingerprint density at radius 3 is 2.48 bits per heavy atom. The van der Waals surface area contributed by atoms with Gasteiger partial charge in [0, 0.05) is 6.54 Å². The molecule has 0 bridgehead atoms. The molecule has 0 aromatic carbocycles. The first kappa shape index (κ1) is 17.6. The van der Waals surface area contributed by atoms with Crippen LogP contribution < -0.4 is 10.0 Å². The Kier molecular flexibility index (Phi) is 5.87. The zero-order valence-electron chi connectivity index (χ0n) is 11.9. The van der Waals surface area contributed by atoms with E-state index < -0.39 is 27.9 Å². The molecule has 21 heavy (non-hydrogen) atoms. The minimum absolute atomic E-state index is 0.244. The summed E-state index contributed by atoms with van der Waals surface area (Å²) in [4.78, 5) is 22.1. The van der Waals surface area contributed by atoms with Crippen LogP contribution in [0.3, 0.4) is 0 Å². The van der Waals surface area contributed by atoms with E-state index in [-0.39, 0.29) is 15.7 Å². The molecule has 1 aromatic heterocycles. The molecule has 1 rings (SSSR count). The molecular formula is C12H18N2O5S2. The Morgan fingerprint density at radius 2 is 1.95 bits per heavy atom. The summed E-state index contributed by atoms with van der Waals surface area (Å²) in [6.45, 7) is 5.67. The average molecular weight is 334 g/mol. The summed E-state index contributed by atoms with van der Waals surface area (Å²) in [7, 11) is -4.06. The van der Waals surface area contributed by atoms with Gasteiger partial charge in [0.1, 0.15) is 9.77 Å².